The van der Waals surface area contributed by atoms with E-state index in [9.17, 15) is 0 Å². The molecule has 0 bridgehead atoms. The molecule has 1 aliphatic carbocycles. The van der Waals surface area contributed by atoms with Gasteiger partial charge in [0.15, 0.2) is 0 Å². The second-order valence-corrected chi connectivity index (χ2v) is 10.1. The Labute approximate surface area is 178 Å². The molecule has 0 atom stereocenters. The first-order valence-corrected chi connectivity index (χ1v) is 10.2. The van der Waals surface area contributed by atoms with Gasteiger partial charge in [0.05, 0.1) is 11.2 Å². The van der Waals surface area contributed by atoms with Gasteiger partial charge in [0.1, 0.15) is 23.5 Å². The van der Waals surface area contributed by atoms with Crippen LogP contribution >= 0.6 is 0 Å². The van der Waals surface area contributed by atoms with Gasteiger partial charge in [-0.05, 0) is 57.6 Å². The Morgan fingerprint density at radius 2 is 1.31 bits per heavy atom. The van der Waals surface area contributed by atoms with Gasteiger partial charge in [-0.1, -0.05) is 76.1 Å². The summed E-state index contributed by atoms with van der Waals surface area (Å²) in [7, 11) is 20.2. The molecular formula is C25H26B3N. The molecule has 0 amide bonds. The molecule has 6 radical (unpaired) electrons. The van der Waals surface area contributed by atoms with Crippen LogP contribution in [0, 0.1) is 12.3 Å². The molecule has 29 heavy (non-hydrogen) atoms. The first-order chi connectivity index (χ1) is 13.3. The van der Waals surface area contributed by atoms with Crippen molar-refractivity contribution in [3.63, 3.8) is 0 Å². The summed E-state index contributed by atoms with van der Waals surface area (Å²) in [5.41, 5.74) is 7.34. The molecule has 1 heterocycles. The fourth-order valence-electron chi connectivity index (χ4n) is 5.24. The minimum absolute atomic E-state index is 0.0520. The SMILES string of the molecule is [B]c1c([B])c2c(c([B])c1-c1ccc3c(C)cccc3n1)C(C)(C)C(C)(C)C2(C)C. The van der Waals surface area contributed by atoms with Gasteiger partial charge in [0.25, 0.3) is 0 Å². The van der Waals surface area contributed by atoms with Gasteiger partial charge < -0.3 is 0 Å². The number of rotatable bonds is 1. The predicted molar refractivity (Wildman–Crippen MR) is 128 cm³/mol. The second kappa shape index (κ2) is 6.03. The van der Waals surface area contributed by atoms with Crippen molar-refractivity contribution in [2.75, 3.05) is 0 Å². The van der Waals surface area contributed by atoms with Crippen molar-refractivity contribution in [3.8, 4) is 11.3 Å². The van der Waals surface area contributed by atoms with E-state index in [4.69, 9.17) is 28.5 Å². The summed E-state index contributed by atoms with van der Waals surface area (Å²) in [6.45, 7) is 15.7. The van der Waals surface area contributed by atoms with E-state index in [1.807, 2.05) is 18.2 Å². The van der Waals surface area contributed by atoms with Crippen molar-refractivity contribution in [3.05, 3.63) is 47.0 Å². The lowest BCUT2D eigenvalue weighted by Crippen LogP contribution is -2.44. The van der Waals surface area contributed by atoms with Gasteiger partial charge in [-0.2, -0.15) is 0 Å². The van der Waals surface area contributed by atoms with Crippen LogP contribution < -0.4 is 16.4 Å². The van der Waals surface area contributed by atoms with Crippen LogP contribution in [-0.4, -0.2) is 28.5 Å². The van der Waals surface area contributed by atoms with Crippen LogP contribution in [0.15, 0.2) is 30.3 Å². The molecule has 0 fully saturated rings. The molecular weight excluding hydrogens is 347 g/mol. The van der Waals surface area contributed by atoms with E-state index < -0.39 is 0 Å². The molecule has 0 saturated heterocycles. The number of pyridine rings is 1. The number of hydrogen-bond donors (Lipinski definition) is 0. The van der Waals surface area contributed by atoms with Crippen molar-refractivity contribution in [1.82, 2.24) is 4.98 Å². The Balaban J connectivity index is 2.09. The smallest absolute Gasteiger partial charge is 0.115 e. The lowest BCUT2D eigenvalue weighted by Gasteiger charge is -2.45. The van der Waals surface area contributed by atoms with E-state index in [2.05, 4.69) is 60.6 Å². The molecule has 1 nitrogen and oxygen atoms in total. The van der Waals surface area contributed by atoms with Crippen molar-refractivity contribution >= 4 is 50.8 Å². The summed E-state index contributed by atoms with van der Waals surface area (Å²) >= 11 is 0. The third kappa shape index (κ3) is 2.41. The second-order valence-electron chi connectivity index (χ2n) is 10.1. The monoisotopic (exact) mass is 373 g/mol. The topological polar surface area (TPSA) is 12.9 Å². The number of hydrogen-bond acceptors (Lipinski definition) is 1. The highest BCUT2D eigenvalue weighted by Crippen LogP contribution is 2.60. The van der Waals surface area contributed by atoms with Gasteiger partial charge >= 0.3 is 0 Å². The predicted octanol–water partition coefficient (Wildman–Crippen LogP) is 3.19. The summed E-state index contributed by atoms with van der Waals surface area (Å²) in [5, 5.41) is 1.13. The van der Waals surface area contributed by atoms with Crippen molar-refractivity contribution in [1.29, 1.82) is 0 Å². The Morgan fingerprint density at radius 3 is 1.93 bits per heavy atom. The van der Waals surface area contributed by atoms with E-state index in [0.717, 1.165) is 33.3 Å². The van der Waals surface area contributed by atoms with Crippen LogP contribution in [0.5, 0.6) is 0 Å². The standard InChI is InChI=1S/C25H26B3N/c1-13-9-8-10-15-14(13)11-12-16(29-15)17-20(26)18-19(22(28)21(17)27)24(4,5)25(6,7)23(18,2)3/h8-12H,1-7H3. The highest BCUT2D eigenvalue weighted by atomic mass is 14.7. The number of aryl methyl sites for hydroxylation is 1. The zero-order valence-corrected chi connectivity index (χ0v) is 18.6. The summed E-state index contributed by atoms with van der Waals surface area (Å²) in [6, 6.07) is 10.2. The van der Waals surface area contributed by atoms with Crippen LogP contribution in [0.25, 0.3) is 22.2 Å². The van der Waals surface area contributed by atoms with Gasteiger partial charge in [0, 0.05) is 5.39 Å². The molecule has 0 spiro atoms. The van der Waals surface area contributed by atoms with E-state index in [1.165, 1.54) is 5.56 Å². The highest BCUT2D eigenvalue weighted by molar-refractivity contribution is 6.55. The molecule has 140 valence electrons. The Bertz CT molecular complexity index is 1170. The minimum atomic E-state index is -0.167. The lowest BCUT2D eigenvalue weighted by atomic mass is 9.58. The van der Waals surface area contributed by atoms with Crippen LogP contribution in [0.1, 0.15) is 58.2 Å². The minimum Gasteiger partial charge on any atom is -0.248 e. The molecule has 0 unspecified atom stereocenters. The molecule has 3 aromatic rings. The number of benzene rings is 2. The van der Waals surface area contributed by atoms with E-state index in [1.54, 1.807) is 0 Å². The zero-order chi connectivity index (χ0) is 21.5. The van der Waals surface area contributed by atoms with Crippen LogP contribution in [0.4, 0.5) is 0 Å². The van der Waals surface area contributed by atoms with Gasteiger partial charge in [-0.3, -0.25) is 0 Å². The maximum atomic E-state index is 6.85. The molecule has 1 aromatic heterocycles. The van der Waals surface area contributed by atoms with Crippen molar-refractivity contribution in [2.45, 2.75) is 59.3 Å². The van der Waals surface area contributed by atoms with E-state index >= 15 is 0 Å². The Hall–Kier alpha value is -1.96. The first kappa shape index (κ1) is 20.3. The molecule has 4 rings (SSSR count). The number of nitrogens with zero attached hydrogens (tertiary/aromatic N) is 1. The van der Waals surface area contributed by atoms with Crippen LogP contribution in [0.3, 0.4) is 0 Å². The van der Waals surface area contributed by atoms with Gasteiger partial charge in [-0.15, -0.1) is 0 Å². The van der Waals surface area contributed by atoms with Gasteiger partial charge in [0.2, 0.25) is 0 Å². The number of fused-ring (bicyclic) bond motifs is 2. The quantitative estimate of drug-likeness (QED) is 0.598. The largest absolute Gasteiger partial charge is 0.248 e. The molecule has 1 aliphatic rings. The fraction of sp³-hybridized carbons (Fsp3) is 0.400. The summed E-state index contributed by atoms with van der Waals surface area (Å²) in [5.74, 6) is 0. The van der Waals surface area contributed by atoms with Gasteiger partial charge in [-0.25, -0.2) is 4.98 Å². The maximum absolute atomic E-state index is 6.85. The fourth-order valence-corrected chi connectivity index (χ4v) is 5.24. The Morgan fingerprint density at radius 1 is 0.724 bits per heavy atom. The Kier molecular flexibility index (Phi) is 4.23. The third-order valence-electron chi connectivity index (χ3n) is 8.20. The summed E-state index contributed by atoms with van der Waals surface area (Å²) < 4.78 is 0. The average molecular weight is 373 g/mol. The average Bonchev–Trinajstić information content (AvgIpc) is 2.74. The third-order valence-corrected chi connectivity index (χ3v) is 8.20. The highest BCUT2D eigenvalue weighted by Gasteiger charge is 2.58. The van der Waals surface area contributed by atoms with Crippen LogP contribution in [-0.2, 0) is 10.8 Å². The maximum Gasteiger partial charge on any atom is 0.115 e. The van der Waals surface area contributed by atoms with E-state index in [-0.39, 0.29) is 16.2 Å². The molecule has 4 heteroatoms. The first-order valence-electron chi connectivity index (χ1n) is 10.2. The molecule has 0 aliphatic heterocycles. The molecule has 2 aromatic carbocycles. The molecule has 0 saturated carbocycles. The van der Waals surface area contributed by atoms with E-state index in [0.29, 0.717) is 16.4 Å². The normalized spacial score (nSPS) is 18.7. The zero-order valence-electron chi connectivity index (χ0n) is 18.6. The summed E-state index contributed by atoms with van der Waals surface area (Å²) in [6.07, 6.45) is 0. The number of aromatic nitrogens is 1. The van der Waals surface area contributed by atoms with Crippen molar-refractivity contribution in [2.24, 2.45) is 5.41 Å². The summed E-state index contributed by atoms with van der Waals surface area (Å²) in [4.78, 5) is 4.90. The molecule has 0 N–H and O–H groups in total. The lowest BCUT2D eigenvalue weighted by molar-refractivity contribution is 0.125. The van der Waals surface area contributed by atoms with Crippen LogP contribution in [0.2, 0.25) is 0 Å². The van der Waals surface area contributed by atoms with Crippen molar-refractivity contribution < 1.29 is 0 Å².